The van der Waals surface area contributed by atoms with Gasteiger partial charge in [-0.1, -0.05) is 12.1 Å². The molecule has 1 aliphatic rings. The molecule has 1 aliphatic heterocycles. The second-order valence-electron chi connectivity index (χ2n) is 6.51. The van der Waals surface area contributed by atoms with Crippen molar-refractivity contribution in [1.82, 2.24) is 14.9 Å². The summed E-state index contributed by atoms with van der Waals surface area (Å²) in [6.45, 7) is 5.13. The van der Waals surface area contributed by atoms with Gasteiger partial charge in [0.15, 0.2) is 5.58 Å². The Morgan fingerprint density at radius 1 is 1.18 bits per heavy atom. The largest absolute Gasteiger partial charge is 0.492 e. The molecule has 0 atom stereocenters. The van der Waals surface area contributed by atoms with Gasteiger partial charge in [-0.25, -0.2) is 9.78 Å². The molecule has 2 amide bonds. The van der Waals surface area contributed by atoms with Crippen LogP contribution in [0.4, 0.5) is 16.5 Å². The molecular weight excluding hydrogens is 358 g/mol. The maximum Gasteiger partial charge on any atom is 0.322 e. The first-order valence-electron chi connectivity index (χ1n) is 9.49. The highest BCUT2D eigenvalue weighted by atomic mass is 16.5. The van der Waals surface area contributed by atoms with Crippen LogP contribution in [0.3, 0.4) is 0 Å². The van der Waals surface area contributed by atoms with Crippen molar-refractivity contribution in [3.8, 4) is 5.75 Å². The fourth-order valence-corrected chi connectivity index (χ4v) is 3.25. The second-order valence-corrected chi connectivity index (χ2v) is 6.51. The van der Waals surface area contributed by atoms with Crippen LogP contribution in [0.15, 0.2) is 47.0 Å². The second kappa shape index (κ2) is 8.16. The van der Waals surface area contributed by atoms with Crippen LogP contribution >= 0.6 is 0 Å². The van der Waals surface area contributed by atoms with E-state index in [9.17, 15) is 4.79 Å². The Bertz CT molecular complexity index is 925. The van der Waals surface area contributed by atoms with E-state index in [-0.39, 0.29) is 6.03 Å². The maximum atomic E-state index is 12.8. The summed E-state index contributed by atoms with van der Waals surface area (Å²) in [6.07, 6.45) is 2.52. The summed E-state index contributed by atoms with van der Waals surface area (Å²) >= 11 is 0. The first-order chi connectivity index (χ1) is 13.7. The van der Waals surface area contributed by atoms with Crippen LogP contribution in [-0.2, 0) is 0 Å². The molecule has 1 fully saturated rings. The molecule has 3 heterocycles. The average molecular weight is 381 g/mol. The summed E-state index contributed by atoms with van der Waals surface area (Å²) in [5.41, 5.74) is 1.95. The maximum absolute atomic E-state index is 12.8. The van der Waals surface area contributed by atoms with Crippen LogP contribution in [0.1, 0.15) is 13.3 Å². The van der Waals surface area contributed by atoms with Gasteiger partial charge in [0.05, 0.1) is 12.3 Å². The van der Waals surface area contributed by atoms with E-state index in [1.54, 1.807) is 6.20 Å². The third-order valence-corrected chi connectivity index (χ3v) is 4.64. The van der Waals surface area contributed by atoms with E-state index >= 15 is 0 Å². The molecule has 1 aromatic carbocycles. The number of amides is 2. The normalized spacial score (nSPS) is 14.8. The number of carbonyl (C=O) groups is 1. The number of nitrogens with one attached hydrogen (secondary N) is 1. The van der Waals surface area contributed by atoms with Crippen LogP contribution in [0, 0.1) is 0 Å². The van der Waals surface area contributed by atoms with Gasteiger partial charge < -0.3 is 24.3 Å². The number of nitrogens with zero attached hydrogens (tertiary/aromatic N) is 4. The molecule has 8 heteroatoms. The van der Waals surface area contributed by atoms with Crippen molar-refractivity contribution in [3.05, 3.63) is 42.6 Å². The Hall–Kier alpha value is -3.29. The number of ether oxygens (including phenoxy) is 1. The fraction of sp³-hybridized carbons (Fsp3) is 0.350. The molecule has 2 aromatic heterocycles. The minimum atomic E-state index is -0.131. The third-order valence-electron chi connectivity index (χ3n) is 4.64. The van der Waals surface area contributed by atoms with E-state index in [4.69, 9.17) is 9.15 Å². The van der Waals surface area contributed by atoms with Crippen LogP contribution in [0.25, 0.3) is 11.2 Å². The van der Waals surface area contributed by atoms with E-state index < -0.39 is 0 Å². The van der Waals surface area contributed by atoms with Gasteiger partial charge in [-0.2, -0.15) is 4.98 Å². The highest BCUT2D eigenvalue weighted by Crippen LogP contribution is 2.25. The van der Waals surface area contributed by atoms with Crippen LogP contribution in [0.5, 0.6) is 5.75 Å². The molecule has 0 spiro atoms. The zero-order chi connectivity index (χ0) is 19.3. The number of hydrogen-bond donors (Lipinski definition) is 1. The monoisotopic (exact) mass is 381 g/mol. The average Bonchev–Trinajstić information content (AvgIpc) is 2.98. The van der Waals surface area contributed by atoms with Crippen molar-refractivity contribution in [2.75, 3.05) is 43.0 Å². The van der Waals surface area contributed by atoms with Gasteiger partial charge >= 0.3 is 6.03 Å². The molecule has 4 rings (SSSR count). The zero-order valence-corrected chi connectivity index (χ0v) is 15.8. The molecule has 0 saturated carbocycles. The SMILES string of the molecule is CCOc1ccccc1NC(=O)N1CCCN(c2nc3ncccc3o2)CC1. The molecule has 146 valence electrons. The number of carbonyl (C=O) groups excluding carboxylic acids is 1. The van der Waals surface area contributed by atoms with Crippen molar-refractivity contribution in [2.45, 2.75) is 13.3 Å². The van der Waals surface area contributed by atoms with Gasteiger partial charge in [-0.05, 0) is 37.6 Å². The Morgan fingerprint density at radius 3 is 2.93 bits per heavy atom. The molecular formula is C20H23N5O3. The number of hydrogen-bond acceptors (Lipinski definition) is 6. The lowest BCUT2D eigenvalue weighted by Crippen LogP contribution is -2.38. The van der Waals surface area contributed by atoms with Gasteiger partial charge in [0.2, 0.25) is 5.65 Å². The number of oxazole rings is 1. The van der Waals surface area contributed by atoms with E-state index in [0.717, 1.165) is 13.0 Å². The zero-order valence-electron chi connectivity index (χ0n) is 15.8. The Morgan fingerprint density at radius 2 is 2.07 bits per heavy atom. The lowest BCUT2D eigenvalue weighted by Gasteiger charge is -2.22. The van der Waals surface area contributed by atoms with Crippen molar-refractivity contribution < 1.29 is 13.9 Å². The number of pyridine rings is 1. The lowest BCUT2D eigenvalue weighted by molar-refractivity contribution is 0.215. The third kappa shape index (κ3) is 3.85. The number of para-hydroxylation sites is 2. The van der Waals surface area contributed by atoms with Gasteiger partial charge in [0.1, 0.15) is 5.75 Å². The molecule has 8 nitrogen and oxygen atoms in total. The number of aromatic nitrogens is 2. The number of rotatable bonds is 4. The molecule has 3 aromatic rings. The van der Waals surface area contributed by atoms with Gasteiger partial charge in [0, 0.05) is 32.4 Å². The predicted molar refractivity (Wildman–Crippen MR) is 107 cm³/mol. The van der Waals surface area contributed by atoms with Crippen LogP contribution in [0.2, 0.25) is 0 Å². The summed E-state index contributed by atoms with van der Waals surface area (Å²) in [6, 6.07) is 11.6. The summed E-state index contributed by atoms with van der Waals surface area (Å²) in [5, 5.41) is 2.96. The summed E-state index contributed by atoms with van der Waals surface area (Å²) < 4.78 is 11.4. The number of fused-ring (bicyclic) bond motifs is 1. The molecule has 1 N–H and O–H groups in total. The van der Waals surface area contributed by atoms with Gasteiger partial charge in [-0.15, -0.1) is 0 Å². The first kappa shape index (κ1) is 18.1. The fourth-order valence-electron chi connectivity index (χ4n) is 3.25. The van der Waals surface area contributed by atoms with Crippen LogP contribution in [-0.4, -0.2) is 53.7 Å². The van der Waals surface area contributed by atoms with Gasteiger partial charge in [0.25, 0.3) is 6.01 Å². The highest BCUT2D eigenvalue weighted by molar-refractivity contribution is 5.91. The molecule has 1 saturated heterocycles. The van der Waals surface area contributed by atoms with Crippen LogP contribution < -0.4 is 15.0 Å². The highest BCUT2D eigenvalue weighted by Gasteiger charge is 2.22. The molecule has 0 unspecified atom stereocenters. The van der Waals surface area contributed by atoms with E-state index in [1.807, 2.05) is 48.2 Å². The predicted octanol–water partition coefficient (Wildman–Crippen LogP) is 3.37. The topological polar surface area (TPSA) is 83.7 Å². The van der Waals surface area contributed by atoms with Crippen molar-refractivity contribution >= 4 is 29.0 Å². The molecule has 0 radical (unpaired) electrons. The quantitative estimate of drug-likeness (QED) is 0.746. The minimum absolute atomic E-state index is 0.131. The smallest absolute Gasteiger partial charge is 0.322 e. The van der Waals surface area contributed by atoms with Crippen molar-refractivity contribution in [2.24, 2.45) is 0 Å². The van der Waals surface area contributed by atoms with E-state index in [2.05, 4.69) is 20.2 Å². The summed E-state index contributed by atoms with van der Waals surface area (Å²) in [4.78, 5) is 25.3. The Labute approximate surface area is 163 Å². The lowest BCUT2D eigenvalue weighted by atomic mass is 10.3. The number of urea groups is 1. The minimum Gasteiger partial charge on any atom is -0.492 e. The number of benzene rings is 1. The number of anilines is 2. The molecule has 0 bridgehead atoms. The van der Waals surface area contributed by atoms with Gasteiger partial charge in [-0.3, -0.25) is 0 Å². The van der Waals surface area contributed by atoms with E-state index in [0.29, 0.717) is 54.9 Å². The standard InChI is InChI=1S/C20H23N5O3/c1-2-27-16-8-4-3-7-15(16)22-19(26)24-11-6-12-25(14-13-24)20-23-18-17(28-20)9-5-10-21-18/h3-5,7-10H,2,6,11-14H2,1H3,(H,22,26). The Kier molecular flexibility index (Phi) is 5.27. The molecule has 0 aliphatic carbocycles. The van der Waals surface area contributed by atoms with Crippen molar-refractivity contribution in [3.63, 3.8) is 0 Å². The molecule has 28 heavy (non-hydrogen) atoms. The summed E-state index contributed by atoms with van der Waals surface area (Å²) in [5.74, 6) is 0.675. The first-order valence-corrected chi connectivity index (χ1v) is 9.49. The summed E-state index contributed by atoms with van der Waals surface area (Å²) in [7, 11) is 0. The Balaban J connectivity index is 1.41. The van der Waals surface area contributed by atoms with Crippen molar-refractivity contribution in [1.29, 1.82) is 0 Å². The van der Waals surface area contributed by atoms with E-state index in [1.165, 1.54) is 0 Å².